The van der Waals surface area contributed by atoms with Gasteiger partial charge in [0.15, 0.2) is 0 Å². The first kappa shape index (κ1) is 18.2. The second kappa shape index (κ2) is 8.59. The lowest BCUT2D eigenvalue weighted by molar-refractivity contribution is 0.0519. The van der Waals surface area contributed by atoms with Crippen LogP contribution in [0.25, 0.3) is 0 Å². The van der Waals surface area contributed by atoms with Gasteiger partial charge in [0.1, 0.15) is 5.60 Å². The Hall–Kier alpha value is -0.810. The molecule has 1 fully saturated rings. The van der Waals surface area contributed by atoms with Gasteiger partial charge in [0.05, 0.1) is 0 Å². The molecule has 3 N–H and O–H groups in total. The van der Waals surface area contributed by atoms with E-state index in [0.717, 1.165) is 13.1 Å². The number of hydrogen-bond donors (Lipinski definition) is 3. The van der Waals surface area contributed by atoms with Gasteiger partial charge in [-0.1, -0.05) is 20.3 Å². The van der Waals surface area contributed by atoms with Gasteiger partial charge in [-0.15, -0.1) is 0 Å². The average molecular weight is 299 g/mol. The van der Waals surface area contributed by atoms with Crippen molar-refractivity contribution in [2.24, 2.45) is 5.92 Å². The van der Waals surface area contributed by atoms with Gasteiger partial charge in [-0.2, -0.15) is 0 Å². The minimum absolute atomic E-state index is 0.265. The molecule has 1 aliphatic rings. The molecule has 2 atom stereocenters. The minimum Gasteiger partial charge on any atom is -0.444 e. The highest BCUT2D eigenvalue weighted by molar-refractivity contribution is 5.67. The van der Waals surface area contributed by atoms with Crippen LogP contribution in [0, 0.1) is 5.92 Å². The molecule has 0 aliphatic carbocycles. The Balaban J connectivity index is 2.30. The summed E-state index contributed by atoms with van der Waals surface area (Å²) in [7, 11) is 0. The average Bonchev–Trinajstić information content (AvgIpc) is 2.37. The van der Waals surface area contributed by atoms with Gasteiger partial charge >= 0.3 is 6.09 Å². The molecule has 124 valence electrons. The highest BCUT2D eigenvalue weighted by Crippen LogP contribution is 2.09. The second-order valence-corrected chi connectivity index (χ2v) is 7.29. The van der Waals surface area contributed by atoms with Gasteiger partial charge in [0.2, 0.25) is 0 Å². The normalized spacial score (nSPS) is 21.1. The summed E-state index contributed by atoms with van der Waals surface area (Å²) in [5, 5.41) is 9.97. The summed E-state index contributed by atoms with van der Waals surface area (Å²) in [6.07, 6.45) is 3.48. The largest absolute Gasteiger partial charge is 0.444 e. The quantitative estimate of drug-likeness (QED) is 0.704. The summed E-state index contributed by atoms with van der Waals surface area (Å²) in [6, 6.07) is 0.822. The zero-order valence-corrected chi connectivity index (χ0v) is 14.3. The van der Waals surface area contributed by atoms with Gasteiger partial charge in [-0.05, 0) is 46.1 Å². The third-order valence-corrected chi connectivity index (χ3v) is 3.71. The minimum atomic E-state index is -0.448. The highest BCUT2D eigenvalue weighted by atomic mass is 16.6. The van der Waals surface area contributed by atoms with Crippen molar-refractivity contribution < 1.29 is 9.53 Å². The fourth-order valence-electron chi connectivity index (χ4n) is 2.44. The number of piperidine rings is 1. The topological polar surface area (TPSA) is 62.4 Å². The Bertz CT molecular complexity index is 307. The van der Waals surface area contributed by atoms with Gasteiger partial charge in [0.25, 0.3) is 0 Å². The van der Waals surface area contributed by atoms with E-state index < -0.39 is 5.60 Å². The van der Waals surface area contributed by atoms with Crippen LogP contribution in [0.1, 0.15) is 53.9 Å². The molecule has 0 aromatic rings. The van der Waals surface area contributed by atoms with Gasteiger partial charge in [0, 0.05) is 25.2 Å². The Kier molecular flexibility index (Phi) is 7.46. The molecule has 5 heteroatoms. The van der Waals surface area contributed by atoms with Crippen molar-refractivity contribution in [3.8, 4) is 0 Å². The summed E-state index contributed by atoms with van der Waals surface area (Å²) >= 11 is 0. The van der Waals surface area contributed by atoms with Crippen LogP contribution < -0.4 is 16.0 Å². The molecule has 1 amide bonds. The van der Waals surface area contributed by atoms with Crippen molar-refractivity contribution in [2.75, 3.05) is 19.6 Å². The lowest BCUT2D eigenvalue weighted by Crippen LogP contribution is -2.50. The van der Waals surface area contributed by atoms with E-state index in [2.05, 4.69) is 29.8 Å². The van der Waals surface area contributed by atoms with E-state index in [9.17, 15) is 4.79 Å². The molecule has 21 heavy (non-hydrogen) atoms. The molecule has 0 aromatic carbocycles. The molecule has 1 aliphatic heterocycles. The monoisotopic (exact) mass is 299 g/mol. The van der Waals surface area contributed by atoms with Crippen molar-refractivity contribution in [1.82, 2.24) is 16.0 Å². The molecule has 1 rings (SSSR count). The van der Waals surface area contributed by atoms with Gasteiger partial charge in [-0.3, -0.25) is 0 Å². The van der Waals surface area contributed by atoms with E-state index in [1.54, 1.807) is 0 Å². The van der Waals surface area contributed by atoms with Crippen molar-refractivity contribution in [3.63, 3.8) is 0 Å². The van der Waals surface area contributed by atoms with Crippen LogP contribution in [0.3, 0.4) is 0 Å². The summed E-state index contributed by atoms with van der Waals surface area (Å²) in [5.74, 6) is 0.462. The van der Waals surface area contributed by atoms with Crippen molar-refractivity contribution >= 4 is 6.09 Å². The third kappa shape index (κ3) is 8.27. The maximum atomic E-state index is 11.7. The molecular formula is C16H33N3O2. The predicted molar refractivity (Wildman–Crippen MR) is 86.5 cm³/mol. The van der Waals surface area contributed by atoms with Gasteiger partial charge < -0.3 is 20.7 Å². The van der Waals surface area contributed by atoms with Gasteiger partial charge in [-0.25, -0.2) is 4.79 Å². The van der Waals surface area contributed by atoms with E-state index in [4.69, 9.17) is 4.74 Å². The maximum Gasteiger partial charge on any atom is 0.407 e. The smallest absolute Gasteiger partial charge is 0.407 e. The molecule has 0 saturated carbocycles. The Morgan fingerprint density at radius 1 is 1.33 bits per heavy atom. The van der Waals surface area contributed by atoms with E-state index in [1.807, 2.05) is 20.8 Å². The number of rotatable bonds is 6. The number of ether oxygens (including phenoxy) is 1. The molecular weight excluding hydrogens is 266 g/mol. The van der Waals surface area contributed by atoms with E-state index in [0.29, 0.717) is 18.5 Å². The molecule has 0 spiro atoms. The predicted octanol–water partition coefficient (Wildman–Crippen LogP) is 2.27. The van der Waals surface area contributed by atoms with Crippen LogP contribution in [0.5, 0.6) is 0 Å². The van der Waals surface area contributed by atoms with Crippen LogP contribution >= 0.6 is 0 Å². The molecule has 1 heterocycles. The SMILES string of the molecule is CC(C)C(CNC(=O)OC(C)(C)C)NCC1CCCCN1. The molecule has 0 aromatic heterocycles. The van der Waals surface area contributed by atoms with E-state index in [1.165, 1.54) is 19.3 Å². The third-order valence-electron chi connectivity index (χ3n) is 3.71. The standard InChI is InChI=1S/C16H33N3O2/c1-12(2)14(11-19-15(20)21-16(3,4)5)18-10-13-8-6-7-9-17-13/h12-14,17-18H,6-11H2,1-5H3,(H,19,20). The first-order valence-corrected chi connectivity index (χ1v) is 8.21. The van der Waals surface area contributed by atoms with Crippen molar-refractivity contribution in [3.05, 3.63) is 0 Å². The fraction of sp³-hybridized carbons (Fsp3) is 0.938. The Morgan fingerprint density at radius 2 is 2.05 bits per heavy atom. The lowest BCUT2D eigenvalue weighted by Gasteiger charge is -2.29. The summed E-state index contributed by atoms with van der Waals surface area (Å²) < 4.78 is 5.27. The Morgan fingerprint density at radius 3 is 2.57 bits per heavy atom. The number of carbonyl (C=O) groups excluding carboxylic acids is 1. The van der Waals surface area contributed by atoms with Crippen molar-refractivity contribution in [1.29, 1.82) is 0 Å². The first-order chi connectivity index (χ1) is 9.78. The van der Waals surface area contributed by atoms with Crippen LogP contribution in [-0.4, -0.2) is 43.4 Å². The Labute approximate surface area is 129 Å². The van der Waals surface area contributed by atoms with Crippen LogP contribution in [0.15, 0.2) is 0 Å². The molecule has 0 radical (unpaired) electrons. The summed E-state index contributed by atoms with van der Waals surface area (Å²) in [5.41, 5.74) is -0.448. The number of alkyl carbamates (subject to hydrolysis) is 1. The number of amides is 1. The number of nitrogens with one attached hydrogen (secondary N) is 3. The zero-order valence-electron chi connectivity index (χ0n) is 14.3. The first-order valence-electron chi connectivity index (χ1n) is 8.21. The lowest BCUT2D eigenvalue weighted by atomic mass is 10.0. The van der Waals surface area contributed by atoms with E-state index in [-0.39, 0.29) is 12.1 Å². The molecule has 1 saturated heterocycles. The summed E-state index contributed by atoms with van der Waals surface area (Å²) in [4.78, 5) is 11.7. The highest BCUT2D eigenvalue weighted by Gasteiger charge is 2.20. The molecule has 0 bridgehead atoms. The molecule has 2 unspecified atom stereocenters. The zero-order chi connectivity index (χ0) is 15.9. The van der Waals surface area contributed by atoms with Crippen LogP contribution in [-0.2, 0) is 4.74 Å². The van der Waals surface area contributed by atoms with Crippen LogP contribution in [0.2, 0.25) is 0 Å². The second-order valence-electron chi connectivity index (χ2n) is 7.29. The van der Waals surface area contributed by atoms with E-state index >= 15 is 0 Å². The molecule has 5 nitrogen and oxygen atoms in total. The maximum absolute atomic E-state index is 11.7. The number of carbonyl (C=O) groups is 1. The fourth-order valence-corrected chi connectivity index (χ4v) is 2.44. The summed E-state index contributed by atoms with van der Waals surface area (Å²) in [6.45, 7) is 12.6. The number of hydrogen-bond acceptors (Lipinski definition) is 4. The van der Waals surface area contributed by atoms with Crippen molar-refractivity contribution in [2.45, 2.75) is 71.6 Å². The van der Waals surface area contributed by atoms with Crippen LogP contribution in [0.4, 0.5) is 4.79 Å².